The largest absolute Gasteiger partial charge is 0.399 e. The van der Waals surface area contributed by atoms with Gasteiger partial charge in [0.15, 0.2) is 15.7 Å². The van der Waals surface area contributed by atoms with Crippen molar-refractivity contribution >= 4 is 58.1 Å². The summed E-state index contributed by atoms with van der Waals surface area (Å²) < 4.78 is 72.6. The number of nitrogens with zero attached hydrogens (tertiary/aromatic N) is 3. The van der Waals surface area contributed by atoms with E-state index in [1.807, 2.05) is 0 Å². The van der Waals surface area contributed by atoms with Crippen molar-refractivity contribution in [2.24, 2.45) is 0 Å². The zero-order valence-electron chi connectivity index (χ0n) is 27.1. The Balaban J connectivity index is 0.000000203. The van der Waals surface area contributed by atoms with Crippen molar-refractivity contribution in [1.82, 2.24) is 9.55 Å². The number of aromatic nitrogens is 2. The van der Waals surface area contributed by atoms with Crippen molar-refractivity contribution in [1.29, 1.82) is 0 Å². The van der Waals surface area contributed by atoms with Crippen LogP contribution in [0.15, 0.2) is 123 Å². The molecule has 0 saturated heterocycles. The van der Waals surface area contributed by atoms with Crippen molar-refractivity contribution in [3.8, 4) is 0 Å². The van der Waals surface area contributed by atoms with Crippen LogP contribution >= 0.6 is 0 Å². The Kier molecular flexibility index (Phi) is 12.7. The highest BCUT2D eigenvalue weighted by atomic mass is 32.2. The van der Waals surface area contributed by atoms with Crippen molar-refractivity contribution in [2.45, 2.75) is 40.0 Å². The maximum atomic E-state index is 12.2. The molecule has 4 aromatic carbocycles. The molecule has 0 saturated carbocycles. The maximum absolute atomic E-state index is 12.2. The van der Waals surface area contributed by atoms with Gasteiger partial charge in [-0.15, -0.1) is 0 Å². The number of nitro groups is 1. The average molecular weight is 744 g/mol. The van der Waals surface area contributed by atoms with Crippen molar-refractivity contribution in [3.63, 3.8) is 0 Å². The highest BCUT2D eigenvalue weighted by Gasteiger charge is 2.20. The van der Waals surface area contributed by atoms with Gasteiger partial charge < -0.3 is 33.0 Å². The second-order valence-corrected chi connectivity index (χ2v) is 17.0. The number of nitrogens with two attached hydrogens (primary N) is 4. The van der Waals surface area contributed by atoms with Crippen molar-refractivity contribution in [3.05, 3.63) is 119 Å². The summed E-state index contributed by atoms with van der Waals surface area (Å²) >= 11 is 0. The van der Waals surface area contributed by atoms with E-state index in [1.165, 1.54) is 53.1 Å². The van der Waals surface area contributed by atoms with Gasteiger partial charge in [0.25, 0.3) is 0 Å². The van der Waals surface area contributed by atoms with E-state index in [0.717, 1.165) is 6.20 Å². The number of aryl methyl sites for hydroxylation is 1. The van der Waals surface area contributed by atoms with Gasteiger partial charge in [0.2, 0.25) is 19.7 Å². The predicted molar refractivity (Wildman–Crippen MR) is 192 cm³/mol. The Morgan fingerprint density at radius 1 is 0.620 bits per heavy atom. The molecule has 0 aliphatic rings. The van der Waals surface area contributed by atoms with Gasteiger partial charge in [-0.1, -0.05) is 6.92 Å². The molecule has 0 atom stereocenters. The van der Waals surface area contributed by atoms with Crippen LogP contribution in [0, 0.1) is 17.0 Å². The molecule has 0 radical (unpaired) electrons. The Morgan fingerprint density at radius 3 is 1.18 bits per heavy atom. The molecule has 0 fully saturated rings. The summed E-state index contributed by atoms with van der Waals surface area (Å²) in [6.07, 6.45) is 1.13. The molecule has 0 aliphatic heterocycles. The summed E-state index contributed by atoms with van der Waals surface area (Å²) in [6, 6.07) is 24.4. The van der Waals surface area contributed by atoms with Crippen LogP contribution < -0.4 is 22.9 Å². The number of hydrogen-bond acceptors (Lipinski definition) is 13. The summed E-state index contributed by atoms with van der Waals surface area (Å²) in [5, 5.41) is 10.6. The van der Waals surface area contributed by atoms with E-state index in [-0.39, 0.29) is 43.5 Å². The molecule has 266 valence electrons. The second kappa shape index (κ2) is 16.3. The van der Waals surface area contributed by atoms with Crippen LogP contribution in [0.1, 0.15) is 12.7 Å². The second-order valence-electron chi connectivity index (χ2n) is 10.6. The fourth-order valence-corrected chi connectivity index (χ4v) is 7.38. The number of benzene rings is 4. The van der Waals surface area contributed by atoms with Gasteiger partial charge in [0.05, 0.1) is 25.3 Å². The lowest BCUT2D eigenvalue weighted by Gasteiger charge is -2.05. The van der Waals surface area contributed by atoms with Crippen LogP contribution in [0.25, 0.3) is 0 Å². The monoisotopic (exact) mass is 743 g/mol. The van der Waals surface area contributed by atoms with E-state index in [4.69, 9.17) is 22.9 Å². The summed E-state index contributed by atoms with van der Waals surface area (Å²) in [4.78, 5) is 14.7. The fraction of sp³-hybridized carbons (Fsp3) is 0.156. The van der Waals surface area contributed by atoms with E-state index in [0.29, 0.717) is 28.6 Å². The summed E-state index contributed by atoms with van der Waals surface area (Å²) in [5.41, 5.74) is 24.2. The minimum absolute atomic E-state index is 0.0363. The first-order valence-corrected chi connectivity index (χ1v) is 19.5. The third kappa shape index (κ3) is 10.3. The van der Waals surface area contributed by atoms with Crippen molar-refractivity contribution in [2.75, 3.05) is 34.4 Å². The van der Waals surface area contributed by atoms with Gasteiger partial charge in [-0.25, -0.2) is 34.8 Å². The van der Waals surface area contributed by atoms with Crippen LogP contribution in [-0.4, -0.2) is 51.2 Å². The first-order valence-electron chi connectivity index (χ1n) is 14.7. The standard InChI is InChI=1S/2C12H12N2O2S.C8H13N3O4S/c2*13-9-1-5-11(6-2-9)17(15,16)12-7-3-10(14)4-8-12;1-3-16(14,15)5-4-10-7(2)9-6-8(10)11(12)13/h2*1-8H,13-14H2;6H,3-5H2,1-2H3. The third-order valence-electron chi connectivity index (χ3n) is 7.05. The molecule has 8 N–H and O–H groups in total. The molecule has 5 rings (SSSR count). The average Bonchev–Trinajstić information content (AvgIpc) is 3.45. The van der Waals surface area contributed by atoms with Gasteiger partial charge in [0.1, 0.15) is 12.7 Å². The number of nitrogen functional groups attached to an aromatic ring is 4. The highest BCUT2D eigenvalue weighted by Crippen LogP contribution is 2.23. The van der Waals surface area contributed by atoms with E-state index >= 15 is 0 Å². The lowest BCUT2D eigenvalue weighted by molar-refractivity contribution is -0.392. The molecule has 0 amide bonds. The predicted octanol–water partition coefficient (Wildman–Crippen LogP) is 3.90. The molecule has 15 nitrogen and oxygen atoms in total. The summed E-state index contributed by atoms with van der Waals surface area (Å²) in [5.74, 6) is 0.192. The molecular weight excluding hydrogens is 707 g/mol. The number of anilines is 4. The molecule has 0 bridgehead atoms. The SMILES string of the molecule is CCS(=O)(=O)CCn1c([N+](=O)[O-])cnc1C.Nc1ccc(S(=O)(=O)c2ccc(N)cc2)cc1.Nc1ccc(S(=O)(=O)c2ccc(N)cc2)cc1. The van der Waals surface area contributed by atoms with E-state index < -0.39 is 34.4 Å². The minimum Gasteiger partial charge on any atom is -0.399 e. The molecule has 0 spiro atoms. The molecule has 1 heterocycles. The smallest absolute Gasteiger partial charge is 0.342 e. The zero-order chi connectivity index (χ0) is 37.3. The fourth-order valence-electron chi connectivity index (χ4n) is 4.11. The van der Waals surface area contributed by atoms with Crippen molar-refractivity contribution < 1.29 is 30.2 Å². The third-order valence-corrected chi connectivity index (χ3v) is 12.3. The van der Waals surface area contributed by atoms with Crippen LogP contribution in [0.4, 0.5) is 28.6 Å². The molecule has 50 heavy (non-hydrogen) atoms. The van der Waals surface area contributed by atoms with Gasteiger partial charge in [-0.05, 0) is 102 Å². The highest BCUT2D eigenvalue weighted by molar-refractivity contribution is 7.92. The van der Waals surface area contributed by atoms with Crippen LogP contribution in [0.2, 0.25) is 0 Å². The van der Waals surface area contributed by atoms with Gasteiger partial charge in [0, 0.05) is 35.4 Å². The normalized spacial score (nSPS) is 11.4. The molecule has 18 heteroatoms. The Morgan fingerprint density at radius 2 is 0.920 bits per heavy atom. The van der Waals surface area contributed by atoms with Gasteiger partial charge >= 0.3 is 5.82 Å². The Labute approximate surface area is 290 Å². The molecule has 0 aliphatic carbocycles. The molecule has 0 unspecified atom stereocenters. The first kappa shape index (κ1) is 39.0. The van der Waals surface area contributed by atoms with Gasteiger partial charge in [-0.2, -0.15) is 0 Å². The topological polar surface area (TPSA) is 267 Å². The summed E-state index contributed by atoms with van der Waals surface area (Å²) in [6.45, 7) is 3.22. The van der Waals surface area contributed by atoms with E-state index in [1.54, 1.807) is 62.4 Å². The number of hydrogen-bond donors (Lipinski definition) is 4. The maximum Gasteiger partial charge on any atom is 0.342 e. The van der Waals surface area contributed by atoms with Gasteiger partial charge in [-0.3, -0.25) is 0 Å². The van der Waals surface area contributed by atoms with Crippen LogP contribution in [-0.2, 0) is 36.1 Å². The lowest BCUT2D eigenvalue weighted by Crippen LogP contribution is -2.16. The lowest BCUT2D eigenvalue weighted by atomic mass is 10.3. The number of imidazole rings is 1. The zero-order valence-corrected chi connectivity index (χ0v) is 29.5. The first-order chi connectivity index (χ1) is 23.4. The molecule has 5 aromatic rings. The summed E-state index contributed by atoms with van der Waals surface area (Å²) in [7, 11) is -10.1. The number of rotatable bonds is 9. The Bertz CT molecular complexity index is 2020. The van der Waals surface area contributed by atoms with E-state index in [9.17, 15) is 35.4 Å². The number of sulfone groups is 3. The van der Waals surface area contributed by atoms with Crippen LogP contribution in [0.3, 0.4) is 0 Å². The van der Waals surface area contributed by atoms with Crippen LogP contribution in [0.5, 0.6) is 0 Å². The molecule has 1 aromatic heterocycles. The minimum atomic E-state index is -3.48. The molecular formula is C32H37N7O8S3. The Hall–Kier alpha value is -5.46. The quantitative estimate of drug-likeness (QED) is 0.0949. The van der Waals surface area contributed by atoms with E-state index in [2.05, 4.69) is 4.98 Å².